The van der Waals surface area contributed by atoms with Crippen molar-refractivity contribution in [2.24, 2.45) is 11.7 Å². The summed E-state index contributed by atoms with van der Waals surface area (Å²) < 4.78 is 5.62. The Kier molecular flexibility index (Phi) is 2.23. The van der Waals surface area contributed by atoms with Crippen LogP contribution in [0.1, 0.15) is 18.4 Å². The number of fused-ring (bicyclic) bond motifs is 1. The molecule has 0 saturated heterocycles. The van der Waals surface area contributed by atoms with E-state index in [0.717, 1.165) is 12.4 Å². The lowest BCUT2D eigenvalue weighted by Crippen LogP contribution is -2.30. The molecule has 0 radical (unpaired) electrons. The van der Waals surface area contributed by atoms with Gasteiger partial charge in [-0.1, -0.05) is 25.1 Å². The highest BCUT2D eigenvalue weighted by atomic mass is 16.5. The first-order valence-corrected chi connectivity index (χ1v) is 4.74. The third-order valence-electron chi connectivity index (χ3n) is 2.87. The minimum atomic E-state index is 0.467. The fourth-order valence-corrected chi connectivity index (χ4v) is 1.86. The van der Waals surface area contributed by atoms with Crippen LogP contribution in [0.25, 0.3) is 0 Å². The summed E-state index contributed by atoms with van der Waals surface area (Å²) in [5.74, 6) is 2.02. The summed E-state index contributed by atoms with van der Waals surface area (Å²) >= 11 is 0. The van der Waals surface area contributed by atoms with E-state index in [1.54, 1.807) is 0 Å². The predicted molar refractivity (Wildman–Crippen MR) is 52.9 cm³/mol. The van der Waals surface area contributed by atoms with Gasteiger partial charge in [0.1, 0.15) is 5.75 Å². The smallest absolute Gasteiger partial charge is 0.122 e. The molecule has 0 bridgehead atoms. The van der Waals surface area contributed by atoms with Crippen molar-refractivity contribution in [3.8, 4) is 5.75 Å². The molecule has 0 aromatic heterocycles. The molecule has 0 fully saturated rings. The third-order valence-corrected chi connectivity index (χ3v) is 2.87. The van der Waals surface area contributed by atoms with E-state index in [9.17, 15) is 0 Å². The van der Waals surface area contributed by atoms with Crippen molar-refractivity contribution >= 4 is 0 Å². The van der Waals surface area contributed by atoms with Crippen LogP contribution in [0.4, 0.5) is 0 Å². The third kappa shape index (κ3) is 1.42. The summed E-state index contributed by atoms with van der Waals surface area (Å²) in [4.78, 5) is 0. The Balaban J connectivity index is 2.33. The van der Waals surface area contributed by atoms with Gasteiger partial charge in [-0.25, -0.2) is 0 Å². The average Bonchev–Trinajstić information content (AvgIpc) is 2.19. The van der Waals surface area contributed by atoms with Gasteiger partial charge in [0.2, 0.25) is 0 Å². The molecule has 0 spiro atoms. The number of nitrogens with two attached hydrogens (primary N) is 1. The first-order chi connectivity index (χ1) is 6.33. The number of ether oxygens (including phenoxy) is 1. The van der Waals surface area contributed by atoms with Gasteiger partial charge in [-0.05, 0) is 24.1 Å². The van der Waals surface area contributed by atoms with E-state index in [1.165, 1.54) is 5.56 Å². The zero-order valence-electron chi connectivity index (χ0n) is 7.86. The molecular formula is C11H15NO. The molecule has 2 atom stereocenters. The summed E-state index contributed by atoms with van der Waals surface area (Å²) in [6.45, 7) is 3.68. The van der Waals surface area contributed by atoms with Crippen molar-refractivity contribution < 1.29 is 4.74 Å². The number of rotatable bonds is 1. The maximum absolute atomic E-state index is 5.67. The molecular weight excluding hydrogens is 162 g/mol. The number of benzene rings is 1. The Hall–Kier alpha value is -1.02. The van der Waals surface area contributed by atoms with Crippen molar-refractivity contribution in [2.75, 3.05) is 13.2 Å². The second kappa shape index (κ2) is 3.38. The van der Waals surface area contributed by atoms with Crippen molar-refractivity contribution in [1.82, 2.24) is 0 Å². The van der Waals surface area contributed by atoms with Crippen LogP contribution < -0.4 is 10.5 Å². The molecule has 2 rings (SSSR count). The van der Waals surface area contributed by atoms with Crippen molar-refractivity contribution in [3.05, 3.63) is 29.8 Å². The van der Waals surface area contributed by atoms with Crippen molar-refractivity contribution in [2.45, 2.75) is 12.8 Å². The molecule has 0 saturated carbocycles. The minimum Gasteiger partial charge on any atom is -0.493 e. The van der Waals surface area contributed by atoms with Crippen LogP contribution in [0.2, 0.25) is 0 Å². The molecule has 1 aliphatic rings. The van der Waals surface area contributed by atoms with Crippen LogP contribution in [0.15, 0.2) is 24.3 Å². The van der Waals surface area contributed by atoms with Crippen LogP contribution in [0, 0.1) is 5.92 Å². The van der Waals surface area contributed by atoms with E-state index < -0.39 is 0 Å². The van der Waals surface area contributed by atoms with Gasteiger partial charge in [-0.15, -0.1) is 0 Å². The summed E-state index contributed by atoms with van der Waals surface area (Å²) in [6, 6.07) is 8.21. The lowest BCUT2D eigenvalue weighted by Gasteiger charge is -2.30. The van der Waals surface area contributed by atoms with Crippen molar-refractivity contribution in [1.29, 1.82) is 0 Å². The zero-order valence-corrected chi connectivity index (χ0v) is 7.86. The lowest BCUT2D eigenvalue weighted by molar-refractivity contribution is 0.203. The molecule has 70 valence electrons. The van der Waals surface area contributed by atoms with Crippen LogP contribution in [0.3, 0.4) is 0 Å². The topological polar surface area (TPSA) is 35.2 Å². The van der Waals surface area contributed by atoms with Crippen LogP contribution in [-0.2, 0) is 0 Å². The van der Waals surface area contributed by atoms with Gasteiger partial charge in [0.15, 0.2) is 0 Å². The first kappa shape index (κ1) is 8.57. The Labute approximate surface area is 78.7 Å². The van der Waals surface area contributed by atoms with E-state index in [0.29, 0.717) is 18.4 Å². The molecule has 13 heavy (non-hydrogen) atoms. The maximum Gasteiger partial charge on any atom is 0.122 e. The largest absolute Gasteiger partial charge is 0.493 e. The number of hydrogen-bond donors (Lipinski definition) is 1. The molecule has 2 unspecified atom stereocenters. The van der Waals surface area contributed by atoms with E-state index in [4.69, 9.17) is 10.5 Å². The van der Waals surface area contributed by atoms with Crippen LogP contribution in [0.5, 0.6) is 5.75 Å². The van der Waals surface area contributed by atoms with Crippen molar-refractivity contribution in [3.63, 3.8) is 0 Å². The highest BCUT2D eigenvalue weighted by Gasteiger charge is 2.25. The quantitative estimate of drug-likeness (QED) is 0.709. The fraction of sp³-hybridized carbons (Fsp3) is 0.455. The number of hydrogen-bond acceptors (Lipinski definition) is 2. The summed E-state index contributed by atoms with van der Waals surface area (Å²) in [5.41, 5.74) is 6.97. The molecule has 0 aliphatic carbocycles. The Bertz CT molecular complexity index is 298. The minimum absolute atomic E-state index is 0.467. The van der Waals surface area contributed by atoms with Gasteiger partial charge in [-0.2, -0.15) is 0 Å². The maximum atomic E-state index is 5.67. The number of para-hydroxylation sites is 1. The van der Waals surface area contributed by atoms with Gasteiger partial charge >= 0.3 is 0 Å². The second-order valence-corrected chi connectivity index (χ2v) is 3.63. The normalized spacial score (nSPS) is 26.3. The SMILES string of the molecule is CC1c2ccccc2OCC1CN. The molecule has 1 heterocycles. The van der Waals surface area contributed by atoms with Crippen LogP contribution in [-0.4, -0.2) is 13.2 Å². The van der Waals surface area contributed by atoms with E-state index in [1.807, 2.05) is 12.1 Å². The van der Waals surface area contributed by atoms with Crippen LogP contribution >= 0.6 is 0 Å². The summed E-state index contributed by atoms with van der Waals surface area (Å²) in [5, 5.41) is 0. The molecule has 1 aromatic rings. The second-order valence-electron chi connectivity index (χ2n) is 3.63. The molecule has 0 amide bonds. The standard InChI is InChI=1S/C11H15NO/c1-8-9(6-12)7-13-11-5-3-2-4-10(8)11/h2-5,8-9H,6-7,12H2,1H3. The molecule has 2 heteroatoms. The van der Waals surface area contributed by atoms with Gasteiger partial charge in [-0.3, -0.25) is 0 Å². The molecule has 2 nitrogen and oxygen atoms in total. The Morgan fingerprint density at radius 1 is 1.46 bits per heavy atom. The lowest BCUT2D eigenvalue weighted by atomic mass is 9.86. The first-order valence-electron chi connectivity index (χ1n) is 4.74. The summed E-state index contributed by atoms with van der Waals surface area (Å²) in [6.07, 6.45) is 0. The highest BCUT2D eigenvalue weighted by molar-refractivity contribution is 5.37. The fourth-order valence-electron chi connectivity index (χ4n) is 1.86. The Morgan fingerprint density at radius 2 is 2.23 bits per heavy atom. The monoisotopic (exact) mass is 177 g/mol. The van der Waals surface area contributed by atoms with Gasteiger partial charge in [0.25, 0.3) is 0 Å². The Morgan fingerprint density at radius 3 is 3.00 bits per heavy atom. The molecule has 1 aromatic carbocycles. The van der Waals surface area contributed by atoms with E-state index in [2.05, 4.69) is 19.1 Å². The highest BCUT2D eigenvalue weighted by Crippen LogP contribution is 2.35. The van der Waals surface area contributed by atoms with Gasteiger partial charge in [0, 0.05) is 5.92 Å². The summed E-state index contributed by atoms with van der Waals surface area (Å²) in [7, 11) is 0. The van der Waals surface area contributed by atoms with Gasteiger partial charge < -0.3 is 10.5 Å². The van der Waals surface area contributed by atoms with E-state index in [-0.39, 0.29) is 0 Å². The predicted octanol–water partition coefficient (Wildman–Crippen LogP) is 1.76. The zero-order chi connectivity index (χ0) is 9.26. The van der Waals surface area contributed by atoms with E-state index >= 15 is 0 Å². The van der Waals surface area contributed by atoms with Gasteiger partial charge in [0.05, 0.1) is 6.61 Å². The average molecular weight is 177 g/mol. The molecule has 1 aliphatic heterocycles. The molecule has 2 N–H and O–H groups in total.